The lowest BCUT2D eigenvalue weighted by molar-refractivity contribution is -0.114. The lowest BCUT2D eigenvalue weighted by atomic mass is 10.1. The number of hydrogen-bond donors (Lipinski definition) is 1. The quantitative estimate of drug-likeness (QED) is 0.539. The van der Waals surface area contributed by atoms with Gasteiger partial charge in [-0.25, -0.2) is 8.42 Å². The number of rotatable bonds is 8. The van der Waals surface area contributed by atoms with Crippen molar-refractivity contribution >= 4 is 27.3 Å². The second-order valence-electron chi connectivity index (χ2n) is 7.58. The third-order valence-electron chi connectivity index (χ3n) is 5.02. The van der Waals surface area contributed by atoms with Crippen LogP contribution in [0.5, 0.6) is 5.75 Å². The van der Waals surface area contributed by atoms with E-state index < -0.39 is 22.5 Å². The van der Waals surface area contributed by atoms with Crippen molar-refractivity contribution in [2.45, 2.75) is 25.2 Å². The van der Waals surface area contributed by atoms with Crippen LogP contribution in [-0.4, -0.2) is 28.0 Å². The molecule has 0 heterocycles. The van der Waals surface area contributed by atoms with Crippen LogP contribution in [0, 0.1) is 25.2 Å². The Bertz CT molecular complexity index is 1280. The van der Waals surface area contributed by atoms with Crippen LogP contribution < -0.4 is 14.4 Å². The first-order valence-corrected chi connectivity index (χ1v) is 11.7. The molecule has 7 nitrogen and oxygen atoms in total. The summed E-state index contributed by atoms with van der Waals surface area (Å²) < 4.78 is 33.6. The maximum atomic E-state index is 13.6. The fourth-order valence-electron chi connectivity index (χ4n) is 3.26. The van der Waals surface area contributed by atoms with Gasteiger partial charge >= 0.3 is 0 Å². The summed E-state index contributed by atoms with van der Waals surface area (Å²) in [6.07, 6.45) is 0.268. The predicted molar refractivity (Wildman–Crippen MR) is 128 cm³/mol. The highest BCUT2D eigenvalue weighted by Crippen LogP contribution is 2.33. The van der Waals surface area contributed by atoms with Gasteiger partial charge in [0, 0.05) is 5.69 Å². The van der Waals surface area contributed by atoms with Crippen LogP contribution in [-0.2, 0) is 21.2 Å². The Morgan fingerprint density at radius 1 is 1.00 bits per heavy atom. The molecule has 170 valence electrons. The topological polar surface area (TPSA) is 99.5 Å². The number of hydrogen-bond acceptors (Lipinski definition) is 5. The van der Waals surface area contributed by atoms with E-state index in [1.807, 2.05) is 19.9 Å². The first kappa shape index (κ1) is 23.8. The highest BCUT2D eigenvalue weighted by molar-refractivity contribution is 7.92. The smallest absolute Gasteiger partial charge is 0.264 e. The molecule has 0 unspecified atom stereocenters. The molecule has 8 heteroatoms. The number of amides is 1. The fourth-order valence-corrected chi connectivity index (χ4v) is 4.68. The van der Waals surface area contributed by atoms with Crippen LogP contribution in [0.1, 0.15) is 16.7 Å². The lowest BCUT2D eigenvalue weighted by Crippen LogP contribution is -2.38. The van der Waals surface area contributed by atoms with Crippen molar-refractivity contribution < 1.29 is 17.9 Å². The SMILES string of the molecule is COc1ccc(C)cc1N(CC(=O)Nc1ccc(CC#N)cc1)S(=O)(=O)c1ccc(C)cc1. The van der Waals surface area contributed by atoms with E-state index in [0.29, 0.717) is 11.4 Å². The van der Waals surface area contributed by atoms with Gasteiger partial charge in [-0.2, -0.15) is 5.26 Å². The molecule has 0 bridgehead atoms. The van der Waals surface area contributed by atoms with E-state index >= 15 is 0 Å². The van der Waals surface area contributed by atoms with Crippen LogP contribution in [0.25, 0.3) is 0 Å². The van der Waals surface area contributed by atoms with Gasteiger partial charge in [0.05, 0.1) is 30.2 Å². The number of methoxy groups -OCH3 is 1. The van der Waals surface area contributed by atoms with E-state index in [9.17, 15) is 13.2 Å². The molecule has 3 aromatic carbocycles. The first-order valence-electron chi connectivity index (χ1n) is 10.2. The van der Waals surface area contributed by atoms with E-state index in [1.54, 1.807) is 48.5 Å². The lowest BCUT2D eigenvalue weighted by Gasteiger charge is -2.26. The summed E-state index contributed by atoms with van der Waals surface area (Å²) in [7, 11) is -2.61. The minimum Gasteiger partial charge on any atom is -0.495 e. The Hall–Kier alpha value is -3.83. The first-order chi connectivity index (χ1) is 15.7. The van der Waals surface area contributed by atoms with Gasteiger partial charge in [0.15, 0.2) is 0 Å². The molecular formula is C25H25N3O4S. The van der Waals surface area contributed by atoms with Gasteiger partial charge in [0.25, 0.3) is 10.0 Å². The summed E-state index contributed by atoms with van der Waals surface area (Å²) in [4.78, 5) is 13.0. The predicted octanol–water partition coefficient (Wildman–Crippen LogP) is 4.21. The van der Waals surface area contributed by atoms with Crippen molar-refractivity contribution in [1.82, 2.24) is 0 Å². The molecule has 0 fully saturated rings. The van der Waals surface area contributed by atoms with Crippen molar-refractivity contribution in [1.29, 1.82) is 5.26 Å². The normalized spacial score (nSPS) is 10.8. The Labute approximate surface area is 194 Å². The van der Waals surface area contributed by atoms with Crippen LogP contribution in [0.2, 0.25) is 0 Å². The Morgan fingerprint density at radius 3 is 2.24 bits per heavy atom. The molecule has 0 radical (unpaired) electrons. The van der Waals surface area contributed by atoms with E-state index in [2.05, 4.69) is 11.4 Å². The molecule has 0 spiro atoms. The summed E-state index contributed by atoms with van der Waals surface area (Å²) in [5, 5.41) is 11.5. The Balaban J connectivity index is 1.97. The van der Waals surface area contributed by atoms with Crippen LogP contribution >= 0.6 is 0 Å². The van der Waals surface area contributed by atoms with Gasteiger partial charge in [-0.3, -0.25) is 9.10 Å². The molecule has 0 aliphatic carbocycles. The van der Waals surface area contributed by atoms with Crippen molar-refractivity contribution in [3.8, 4) is 11.8 Å². The van der Waals surface area contributed by atoms with E-state index in [-0.39, 0.29) is 17.0 Å². The number of nitriles is 1. The second-order valence-corrected chi connectivity index (χ2v) is 9.44. The number of nitrogens with one attached hydrogen (secondary N) is 1. The molecule has 0 aliphatic rings. The minimum absolute atomic E-state index is 0.0744. The average molecular weight is 464 g/mol. The molecule has 3 rings (SSSR count). The van der Waals surface area contributed by atoms with Crippen molar-refractivity contribution in [3.63, 3.8) is 0 Å². The zero-order chi connectivity index (χ0) is 24.0. The molecule has 0 aromatic heterocycles. The van der Waals surface area contributed by atoms with Crippen LogP contribution in [0.15, 0.2) is 71.6 Å². The molecule has 1 amide bonds. The van der Waals surface area contributed by atoms with Crippen molar-refractivity contribution in [2.75, 3.05) is 23.3 Å². The van der Waals surface area contributed by atoms with Gasteiger partial charge in [-0.15, -0.1) is 0 Å². The van der Waals surface area contributed by atoms with Gasteiger partial charge in [0.1, 0.15) is 12.3 Å². The molecule has 1 N–H and O–H groups in total. The van der Waals surface area contributed by atoms with Crippen molar-refractivity contribution in [2.24, 2.45) is 0 Å². The zero-order valence-corrected chi connectivity index (χ0v) is 19.5. The summed E-state index contributed by atoms with van der Waals surface area (Å²) >= 11 is 0. The number of ether oxygens (including phenoxy) is 1. The number of carbonyl (C=O) groups is 1. The monoisotopic (exact) mass is 463 g/mol. The number of nitrogens with zero attached hydrogens (tertiary/aromatic N) is 2. The number of carbonyl (C=O) groups excluding carboxylic acids is 1. The minimum atomic E-state index is -4.07. The summed E-state index contributed by atoms with van der Waals surface area (Å²) in [5.41, 5.74) is 3.35. The summed E-state index contributed by atoms with van der Waals surface area (Å²) in [5.74, 6) is -0.174. The van der Waals surface area contributed by atoms with Gasteiger partial charge in [0.2, 0.25) is 5.91 Å². The molecule has 0 atom stereocenters. The van der Waals surface area contributed by atoms with E-state index in [4.69, 9.17) is 10.00 Å². The van der Waals surface area contributed by atoms with Gasteiger partial charge < -0.3 is 10.1 Å². The Kier molecular flexibility index (Phi) is 7.36. The standard InChI is InChI=1S/C25H25N3O4S/c1-18-4-11-22(12-5-18)33(30,31)28(23-16-19(2)6-13-24(23)32-3)17-25(29)27-21-9-7-20(8-10-21)14-15-26/h4-13,16H,14,17H2,1-3H3,(H,27,29). The van der Waals surface area contributed by atoms with Gasteiger partial charge in [-0.05, 0) is 61.4 Å². The highest BCUT2D eigenvalue weighted by Gasteiger charge is 2.29. The number of sulfonamides is 1. The molecule has 0 saturated heterocycles. The Morgan fingerprint density at radius 2 is 1.64 bits per heavy atom. The third-order valence-corrected chi connectivity index (χ3v) is 6.79. The average Bonchev–Trinajstić information content (AvgIpc) is 2.79. The largest absolute Gasteiger partial charge is 0.495 e. The maximum absolute atomic E-state index is 13.6. The zero-order valence-electron chi connectivity index (χ0n) is 18.7. The van der Waals surface area contributed by atoms with Crippen LogP contribution in [0.3, 0.4) is 0 Å². The molecule has 3 aromatic rings. The van der Waals surface area contributed by atoms with Crippen molar-refractivity contribution in [3.05, 3.63) is 83.4 Å². The highest BCUT2D eigenvalue weighted by atomic mass is 32.2. The summed E-state index contributed by atoms with van der Waals surface area (Å²) in [6, 6.07) is 20.5. The number of anilines is 2. The molecule has 0 aliphatic heterocycles. The summed E-state index contributed by atoms with van der Waals surface area (Å²) in [6.45, 7) is 3.26. The third kappa shape index (κ3) is 5.70. The second kappa shape index (κ2) is 10.2. The fraction of sp³-hybridized carbons (Fsp3) is 0.200. The van der Waals surface area contributed by atoms with Crippen LogP contribution in [0.4, 0.5) is 11.4 Å². The number of aryl methyl sites for hydroxylation is 2. The molecule has 33 heavy (non-hydrogen) atoms. The van der Waals surface area contributed by atoms with Gasteiger partial charge in [-0.1, -0.05) is 35.9 Å². The maximum Gasteiger partial charge on any atom is 0.264 e. The molecule has 0 saturated carbocycles. The van der Waals surface area contributed by atoms with E-state index in [1.165, 1.54) is 19.2 Å². The molecular weight excluding hydrogens is 438 g/mol. The number of benzene rings is 3. The van der Waals surface area contributed by atoms with E-state index in [0.717, 1.165) is 21.0 Å².